The summed E-state index contributed by atoms with van der Waals surface area (Å²) in [6.45, 7) is 0. The van der Waals surface area contributed by atoms with Gasteiger partial charge in [0.1, 0.15) is 11.4 Å². The van der Waals surface area contributed by atoms with E-state index in [4.69, 9.17) is 4.74 Å². The van der Waals surface area contributed by atoms with Crippen LogP contribution in [-0.2, 0) is 4.79 Å². The van der Waals surface area contributed by atoms with Gasteiger partial charge in [0.05, 0.1) is 12.5 Å². The molecule has 0 aliphatic carbocycles. The number of hydrogen-bond acceptors (Lipinski definition) is 3. The highest BCUT2D eigenvalue weighted by Gasteiger charge is 2.23. The van der Waals surface area contributed by atoms with Gasteiger partial charge in [0.25, 0.3) is 0 Å². The number of aromatic nitrogens is 2. The van der Waals surface area contributed by atoms with E-state index in [0.717, 1.165) is 27.9 Å². The maximum absolute atomic E-state index is 12.0. The smallest absolute Gasteiger partial charge is 0.220 e. The fraction of sp³-hybridized carbons (Fsp3) is 0.222. The minimum Gasteiger partial charge on any atom is -0.496 e. The van der Waals surface area contributed by atoms with E-state index >= 15 is 0 Å². The Labute approximate surface area is 134 Å². The van der Waals surface area contributed by atoms with Crippen LogP contribution in [0.5, 0.6) is 5.75 Å². The van der Waals surface area contributed by atoms with Gasteiger partial charge in [-0.2, -0.15) is 0 Å². The van der Waals surface area contributed by atoms with Crippen molar-refractivity contribution in [2.24, 2.45) is 0 Å². The third-order valence-electron chi connectivity index (χ3n) is 4.03. The number of carbonyl (C=O) groups excluding carboxylic acids is 1. The Kier molecular flexibility index (Phi) is 4.28. The van der Waals surface area contributed by atoms with E-state index < -0.39 is 0 Å². The molecular formula is C18H19N3O2. The predicted molar refractivity (Wildman–Crippen MR) is 89.6 cm³/mol. The number of carbonyl (C=O) groups is 1. The highest BCUT2D eigenvalue weighted by Crippen LogP contribution is 2.36. The Hall–Kier alpha value is -2.82. The van der Waals surface area contributed by atoms with Crippen molar-refractivity contribution in [3.63, 3.8) is 0 Å². The van der Waals surface area contributed by atoms with Gasteiger partial charge in [-0.15, -0.1) is 0 Å². The lowest BCUT2D eigenvalue weighted by molar-refractivity contribution is -0.120. The number of nitrogens with one attached hydrogen (secondary N) is 2. The van der Waals surface area contributed by atoms with Crippen LogP contribution in [0.2, 0.25) is 0 Å². The number of ether oxygens (including phenoxy) is 1. The van der Waals surface area contributed by atoms with E-state index in [1.807, 2.05) is 42.6 Å². The van der Waals surface area contributed by atoms with Crippen molar-refractivity contribution in [3.05, 3.63) is 59.9 Å². The third kappa shape index (κ3) is 2.90. The molecule has 5 heteroatoms. The summed E-state index contributed by atoms with van der Waals surface area (Å²) in [5.74, 6) is 0.683. The van der Waals surface area contributed by atoms with E-state index in [1.54, 1.807) is 20.4 Å². The van der Waals surface area contributed by atoms with Crippen LogP contribution < -0.4 is 10.1 Å². The van der Waals surface area contributed by atoms with E-state index in [-0.39, 0.29) is 11.8 Å². The molecule has 2 heterocycles. The van der Waals surface area contributed by atoms with E-state index in [2.05, 4.69) is 15.3 Å². The average Bonchev–Trinajstić information content (AvgIpc) is 3.04. The second-order valence-corrected chi connectivity index (χ2v) is 5.32. The number of benzene rings is 1. The van der Waals surface area contributed by atoms with Crippen molar-refractivity contribution in [3.8, 4) is 5.75 Å². The third-order valence-corrected chi connectivity index (χ3v) is 4.03. The molecule has 2 N–H and O–H groups in total. The summed E-state index contributed by atoms with van der Waals surface area (Å²) in [6.07, 6.45) is 3.99. The van der Waals surface area contributed by atoms with Gasteiger partial charge < -0.3 is 15.0 Å². The zero-order valence-corrected chi connectivity index (χ0v) is 13.2. The molecule has 3 rings (SSSR count). The van der Waals surface area contributed by atoms with Crippen molar-refractivity contribution in [2.75, 3.05) is 14.2 Å². The second-order valence-electron chi connectivity index (χ2n) is 5.32. The first-order chi connectivity index (χ1) is 11.2. The van der Waals surface area contributed by atoms with Crippen molar-refractivity contribution in [2.45, 2.75) is 12.3 Å². The molecule has 1 unspecified atom stereocenters. The highest BCUT2D eigenvalue weighted by molar-refractivity contribution is 5.88. The molecule has 0 saturated heterocycles. The average molecular weight is 309 g/mol. The van der Waals surface area contributed by atoms with Crippen LogP contribution in [0.25, 0.3) is 11.0 Å². The summed E-state index contributed by atoms with van der Waals surface area (Å²) >= 11 is 0. The normalized spacial score (nSPS) is 12.1. The molecule has 2 aromatic heterocycles. The van der Waals surface area contributed by atoms with Gasteiger partial charge in [-0.3, -0.25) is 4.79 Å². The first-order valence-corrected chi connectivity index (χ1v) is 7.50. The molecule has 118 valence electrons. The topological polar surface area (TPSA) is 67.0 Å². The lowest BCUT2D eigenvalue weighted by Crippen LogP contribution is -2.21. The summed E-state index contributed by atoms with van der Waals surface area (Å²) in [5.41, 5.74) is 2.86. The molecule has 0 fully saturated rings. The van der Waals surface area contributed by atoms with E-state index in [0.29, 0.717) is 6.42 Å². The first-order valence-electron chi connectivity index (χ1n) is 7.50. The van der Waals surface area contributed by atoms with Gasteiger partial charge in [-0.05, 0) is 17.2 Å². The lowest BCUT2D eigenvalue weighted by atomic mass is 9.88. The van der Waals surface area contributed by atoms with Crippen LogP contribution in [0.4, 0.5) is 0 Å². The Morgan fingerprint density at radius 2 is 2.09 bits per heavy atom. The number of fused-ring (bicyclic) bond motifs is 1. The number of nitrogens with zero attached hydrogens (tertiary/aromatic N) is 1. The predicted octanol–water partition coefficient (Wildman–Crippen LogP) is 2.84. The molecule has 0 bridgehead atoms. The number of amides is 1. The molecule has 0 aliphatic rings. The molecule has 0 saturated carbocycles. The van der Waals surface area contributed by atoms with Crippen LogP contribution in [0, 0.1) is 0 Å². The zero-order valence-electron chi connectivity index (χ0n) is 13.2. The summed E-state index contributed by atoms with van der Waals surface area (Å²) in [6, 6.07) is 11.8. The van der Waals surface area contributed by atoms with Gasteiger partial charge in [0.15, 0.2) is 0 Å². The van der Waals surface area contributed by atoms with E-state index in [1.165, 1.54) is 0 Å². The fourth-order valence-electron chi connectivity index (χ4n) is 2.88. The van der Waals surface area contributed by atoms with Gasteiger partial charge in [0, 0.05) is 31.8 Å². The number of aromatic amines is 1. The van der Waals surface area contributed by atoms with E-state index in [9.17, 15) is 4.79 Å². The van der Waals surface area contributed by atoms with Crippen LogP contribution in [-0.4, -0.2) is 30.0 Å². The fourth-order valence-corrected chi connectivity index (χ4v) is 2.88. The first kappa shape index (κ1) is 15.1. The molecule has 1 atom stereocenters. The van der Waals surface area contributed by atoms with Gasteiger partial charge in [-0.25, -0.2) is 4.98 Å². The van der Waals surface area contributed by atoms with Gasteiger partial charge in [-0.1, -0.05) is 30.3 Å². The number of H-pyrrole nitrogens is 1. The van der Waals surface area contributed by atoms with Gasteiger partial charge >= 0.3 is 0 Å². The zero-order chi connectivity index (χ0) is 16.2. The second kappa shape index (κ2) is 6.52. The van der Waals surface area contributed by atoms with Gasteiger partial charge in [0.2, 0.25) is 5.91 Å². The minimum atomic E-state index is -0.0667. The molecular weight excluding hydrogens is 290 g/mol. The Balaban J connectivity index is 2.15. The van der Waals surface area contributed by atoms with Crippen molar-refractivity contribution >= 4 is 16.9 Å². The standard InChI is InChI=1S/C18H19N3O2/c1-19-16(22)10-13(12-6-4-3-5-7-12)14-11-21-18-17(14)15(23-2)8-9-20-18/h3-9,11,13H,10H2,1-2H3,(H,19,22)(H,20,21). The molecule has 1 aromatic carbocycles. The Morgan fingerprint density at radius 3 is 2.78 bits per heavy atom. The molecule has 0 spiro atoms. The maximum Gasteiger partial charge on any atom is 0.220 e. The summed E-state index contributed by atoms with van der Waals surface area (Å²) in [5, 5.41) is 3.63. The van der Waals surface area contributed by atoms with Crippen LogP contribution >= 0.6 is 0 Å². The van der Waals surface area contributed by atoms with Crippen LogP contribution in [0.3, 0.4) is 0 Å². The van der Waals surface area contributed by atoms with Crippen LogP contribution in [0.1, 0.15) is 23.5 Å². The minimum absolute atomic E-state index is 0.00365. The molecule has 23 heavy (non-hydrogen) atoms. The Bertz CT molecular complexity index is 812. The van der Waals surface area contributed by atoms with Crippen molar-refractivity contribution in [1.82, 2.24) is 15.3 Å². The molecule has 0 radical (unpaired) electrons. The number of pyridine rings is 1. The number of hydrogen-bond donors (Lipinski definition) is 2. The largest absolute Gasteiger partial charge is 0.496 e. The van der Waals surface area contributed by atoms with Crippen LogP contribution in [0.15, 0.2) is 48.8 Å². The number of rotatable bonds is 5. The highest BCUT2D eigenvalue weighted by atomic mass is 16.5. The molecule has 3 aromatic rings. The summed E-state index contributed by atoms with van der Waals surface area (Å²) in [7, 11) is 3.30. The lowest BCUT2D eigenvalue weighted by Gasteiger charge is -2.17. The molecule has 0 aliphatic heterocycles. The maximum atomic E-state index is 12.0. The quantitative estimate of drug-likeness (QED) is 0.761. The Morgan fingerprint density at radius 1 is 1.30 bits per heavy atom. The summed E-state index contributed by atoms with van der Waals surface area (Å²) < 4.78 is 5.48. The molecule has 5 nitrogen and oxygen atoms in total. The van der Waals surface area contributed by atoms with Crippen molar-refractivity contribution < 1.29 is 9.53 Å². The monoisotopic (exact) mass is 309 g/mol. The number of methoxy groups -OCH3 is 1. The SMILES string of the molecule is CNC(=O)CC(c1ccccc1)c1c[nH]c2nccc(OC)c12. The van der Waals surface area contributed by atoms with Crippen molar-refractivity contribution in [1.29, 1.82) is 0 Å². The summed E-state index contributed by atoms with van der Waals surface area (Å²) in [4.78, 5) is 19.5. The molecule has 1 amide bonds.